The maximum Gasteiger partial charge on any atom is 0.349 e. The molecule has 0 amide bonds. The molecule has 0 fully saturated rings. The molecule has 0 unspecified atom stereocenters. The Bertz CT molecular complexity index is 595. The molecule has 0 aliphatic rings. The molecule has 106 valence electrons. The zero-order valence-electron chi connectivity index (χ0n) is 11.2. The fraction of sp³-hybridized carbons (Fsp3) is 0.286. The molecular formula is C14H14ClNO3S. The number of esters is 1. The highest BCUT2D eigenvalue weighted by Gasteiger charge is 2.19. The molecule has 0 saturated carbocycles. The van der Waals surface area contributed by atoms with Crippen LogP contribution in [-0.2, 0) is 15.9 Å². The van der Waals surface area contributed by atoms with Crippen LogP contribution in [-0.4, -0.2) is 31.8 Å². The van der Waals surface area contributed by atoms with E-state index in [2.05, 4.69) is 4.98 Å². The Hall–Kier alpha value is -1.43. The molecule has 0 spiro atoms. The molecule has 2 rings (SSSR count). The first-order valence-electron chi connectivity index (χ1n) is 5.98. The number of rotatable bonds is 5. The molecule has 0 saturated heterocycles. The van der Waals surface area contributed by atoms with Crippen molar-refractivity contribution < 1.29 is 14.3 Å². The van der Waals surface area contributed by atoms with Gasteiger partial charge in [-0.25, -0.2) is 9.78 Å². The van der Waals surface area contributed by atoms with Crippen molar-refractivity contribution in [1.82, 2.24) is 4.98 Å². The first-order chi connectivity index (χ1) is 9.65. The summed E-state index contributed by atoms with van der Waals surface area (Å²) in [5, 5.41) is 1.44. The lowest BCUT2D eigenvalue weighted by Crippen LogP contribution is -2.05. The second-order valence-electron chi connectivity index (χ2n) is 4.04. The topological polar surface area (TPSA) is 48.4 Å². The van der Waals surface area contributed by atoms with E-state index in [-0.39, 0.29) is 5.97 Å². The SMILES string of the molecule is COCCc1nc(-c2ccc(Cl)cc2)sc1C(=O)OC. The average molecular weight is 312 g/mol. The summed E-state index contributed by atoms with van der Waals surface area (Å²) in [5.41, 5.74) is 1.63. The van der Waals surface area contributed by atoms with Crippen molar-refractivity contribution in [3.63, 3.8) is 0 Å². The van der Waals surface area contributed by atoms with Gasteiger partial charge in [0, 0.05) is 24.1 Å². The van der Waals surface area contributed by atoms with E-state index in [1.807, 2.05) is 12.1 Å². The largest absolute Gasteiger partial charge is 0.465 e. The van der Waals surface area contributed by atoms with E-state index in [1.54, 1.807) is 19.2 Å². The number of hydrogen-bond donors (Lipinski definition) is 0. The highest BCUT2D eigenvalue weighted by molar-refractivity contribution is 7.17. The zero-order chi connectivity index (χ0) is 14.5. The Kier molecular flexibility index (Phi) is 5.11. The van der Waals surface area contributed by atoms with Gasteiger partial charge in [-0.2, -0.15) is 0 Å². The van der Waals surface area contributed by atoms with E-state index in [1.165, 1.54) is 18.4 Å². The number of ether oxygens (including phenoxy) is 2. The van der Waals surface area contributed by atoms with Gasteiger partial charge in [0.1, 0.15) is 9.88 Å². The van der Waals surface area contributed by atoms with Crippen LogP contribution >= 0.6 is 22.9 Å². The molecule has 0 N–H and O–H groups in total. The summed E-state index contributed by atoms with van der Waals surface area (Å²) >= 11 is 7.19. The summed E-state index contributed by atoms with van der Waals surface area (Å²) in [6.45, 7) is 0.508. The van der Waals surface area contributed by atoms with Crippen LogP contribution in [0.3, 0.4) is 0 Å². The van der Waals surface area contributed by atoms with Gasteiger partial charge in [-0.05, 0) is 12.1 Å². The van der Waals surface area contributed by atoms with Gasteiger partial charge < -0.3 is 9.47 Å². The van der Waals surface area contributed by atoms with E-state index in [9.17, 15) is 4.79 Å². The van der Waals surface area contributed by atoms with Crippen molar-refractivity contribution in [3.05, 3.63) is 39.9 Å². The predicted molar refractivity (Wildman–Crippen MR) is 79.5 cm³/mol. The normalized spacial score (nSPS) is 10.6. The van der Waals surface area contributed by atoms with Gasteiger partial charge >= 0.3 is 5.97 Å². The van der Waals surface area contributed by atoms with Gasteiger partial charge in [0.25, 0.3) is 0 Å². The van der Waals surface area contributed by atoms with Gasteiger partial charge in [0.2, 0.25) is 0 Å². The summed E-state index contributed by atoms with van der Waals surface area (Å²) in [4.78, 5) is 16.8. The van der Waals surface area contributed by atoms with Crippen LogP contribution in [0.1, 0.15) is 15.4 Å². The number of aromatic nitrogens is 1. The second kappa shape index (κ2) is 6.83. The van der Waals surface area contributed by atoms with Crippen LogP contribution in [0.25, 0.3) is 10.6 Å². The van der Waals surface area contributed by atoms with Crippen LogP contribution in [0.2, 0.25) is 5.02 Å². The van der Waals surface area contributed by atoms with Gasteiger partial charge in [-0.1, -0.05) is 23.7 Å². The molecule has 4 nitrogen and oxygen atoms in total. The van der Waals surface area contributed by atoms with Crippen LogP contribution in [0.5, 0.6) is 0 Å². The van der Waals surface area contributed by atoms with E-state index in [0.717, 1.165) is 10.6 Å². The van der Waals surface area contributed by atoms with Crippen molar-refractivity contribution in [3.8, 4) is 10.6 Å². The number of carbonyl (C=O) groups excluding carboxylic acids is 1. The predicted octanol–water partition coefficient (Wildman–Crippen LogP) is 3.44. The molecule has 0 aliphatic carbocycles. The number of hydrogen-bond acceptors (Lipinski definition) is 5. The number of carbonyl (C=O) groups is 1. The quantitative estimate of drug-likeness (QED) is 0.794. The van der Waals surface area contributed by atoms with E-state index in [4.69, 9.17) is 21.1 Å². The summed E-state index contributed by atoms with van der Waals surface area (Å²) in [5.74, 6) is -0.367. The van der Waals surface area contributed by atoms with Crippen molar-refractivity contribution in [2.75, 3.05) is 20.8 Å². The van der Waals surface area contributed by atoms with Crippen molar-refractivity contribution in [2.24, 2.45) is 0 Å². The van der Waals surface area contributed by atoms with Crippen LogP contribution in [0.15, 0.2) is 24.3 Å². The van der Waals surface area contributed by atoms with Gasteiger partial charge in [-0.15, -0.1) is 11.3 Å². The minimum atomic E-state index is -0.367. The van der Waals surface area contributed by atoms with Gasteiger partial charge in [0.05, 0.1) is 19.4 Å². The molecule has 2 aromatic rings. The highest BCUT2D eigenvalue weighted by Crippen LogP contribution is 2.29. The molecule has 6 heteroatoms. The number of nitrogens with zero attached hydrogens (tertiary/aromatic N) is 1. The number of thiazole rings is 1. The first kappa shape index (κ1) is 15.0. The van der Waals surface area contributed by atoms with Crippen LogP contribution < -0.4 is 0 Å². The average Bonchev–Trinajstić information content (AvgIpc) is 2.89. The van der Waals surface area contributed by atoms with Crippen LogP contribution in [0, 0.1) is 0 Å². The second-order valence-corrected chi connectivity index (χ2v) is 5.47. The minimum absolute atomic E-state index is 0.367. The standard InChI is InChI=1S/C14H14ClNO3S/c1-18-8-7-11-12(14(17)19-2)20-13(16-11)9-3-5-10(15)6-4-9/h3-6H,7-8H2,1-2H3. The smallest absolute Gasteiger partial charge is 0.349 e. The maximum atomic E-state index is 11.8. The van der Waals surface area contributed by atoms with Gasteiger partial charge in [0.15, 0.2) is 0 Å². The van der Waals surface area contributed by atoms with Crippen molar-refractivity contribution >= 4 is 28.9 Å². The molecule has 1 aromatic carbocycles. The maximum absolute atomic E-state index is 11.8. The van der Waals surface area contributed by atoms with Crippen LogP contribution in [0.4, 0.5) is 0 Å². The molecule has 20 heavy (non-hydrogen) atoms. The lowest BCUT2D eigenvalue weighted by Gasteiger charge is -1.99. The molecular weight excluding hydrogens is 298 g/mol. The lowest BCUT2D eigenvalue weighted by atomic mass is 10.2. The van der Waals surface area contributed by atoms with E-state index < -0.39 is 0 Å². The Morgan fingerprint density at radius 3 is 2.60 bits per heavy atom. The number of benzene rings is 1. The number of halogens is 1. The van der Waals surface area contributed by atoms with Crippen molar-refractivity contribution in [2.45, 2.75) is 6.42 Å². The molecule has 0 atom stereocenters. The minimum Gasteiger partial charge on any atom is -0.465 e. The summed E-state index contributed by atoms with van der Waals surface area (Å²) in [6.07, 6.45) is 0.574. The fourth-order valence-corrected chi connectivity index (χ4v) is 2.85. The van der Waals surface area contributed by atoms with Crippen molar-refractivity contribution in [1.29, 1.82) is 0 Å². The fourth-order valence-electron chi connectivity index (χ4n) is 1.69. The third-order valence-corrected chi connectivity index (χ3v) is 4.08. The van der Waals surface area contributed by atoms with E-state index in [0.29, 0.717) is 28.6 Å². The molecule has 0 radical (unpaired) electrons. The third kappa shape index (κ3) is 3.36. The Labute approximate surface area is 126 Å². The number of methoxy groups -OCH3 is 2. The Balaban J connectivity index is 2.37. The zero-order valence-corrected chi connectivity index (χ0v) is 12.8. The monoisotopic (exact) mass is 311 g/mol. The van der Waals surface area contributed by atoms with E-state index >= 15 is 0 Å². The van der Waals surface area contributed by atoms with Gasteiger partial charge in [-0.3, -0.25) is 0 Å². The first-order valence-corrected chi connectivity index (χ1v) is 7.18. The summed E-state index contributed by atoms with van der Waals surface area (Å²) in [7, 11) is 2.98. The summed E-state index contributed by atoms with van der Waals surface area (Å²) in [6, 6.07) is 7.35. The summed E-state index contributed by atoms with van der Waals surface area (Å²) < 4.78 is 9.83. The highest BCUT2D eigenvalue weighted by atomic mass is 35.5. The molecule has 0 bridgehead atoms. The third-order valence-electron chi connectivity index (χ3n) is 2.70. The molecule has 1 aromatic heterocycles. The molecule has 0 aliphatic heterocycles. The Morgan fingerprint density at radius 2 is 2.00 bits per heavy atom. The lowest BCUT2D eigenvalue weighted by molar-refractivity contribution is 0.0604. The Morgan fingerprint density at radius 1 is 1.30 bits per heavy atom. The molecule has 1 heterocycles.